The lowest BCUT2D eigenvalue weighted by Crippen LogP contribution is -2.31. The normalized spacial score (nSPS) is 11.5. The maximum absolute atomic E-state index is 13.9. The summed E-state index contributed by atoms with van der Waals surface area (Å²) in [6.45, 7) is 2.23. The van der Waals surface area contributed by atoms with Crippen molar-refractivity contribution in [2.45, 2.75) is 18.4 Å². The molecule has 0 aliphatic rings. The van der Waals surface area contributed by atoms with Crippen molar-refractivity contribution in [2.24, 2.45) is 0 Å². The van der Waals surface area contributed by atoms with Gasteiger partial charge in [-0.05, 0) is 42.8 Å². The highest BCUT2D eigenvalue weighted by atomic mass is 35.5. The molecule has 6 nitrogen and oxygen atoms in total. The fourth-order valence-electron chi connectivity index (χ4n) is 2.57. The number of ether oxygens (including phenoxy) is 1. The number of carbonyl (C=O) groups is 1. The average molecular weight is 429 g/mol. The van der Waals surface area contributed by atoms with E-state index in [1.165, 1.54) is 56.4 Å². The molecule has 0 N–H and O–H groups in total. The largest absolute Gasteiger partial charge is 0.494 e. The van der Waals surface area contributed by atoms with E-state index in [1.807, 2.05) is 0 Å². The van der Waals surface area contributed by atoms with Gasteiger partial charge < -0.3 is 9.64 Å². The third-order valence-electron chi connectivity index (χ3n) is 4.21. The van der Waals surface area contributed by atoms with Gasteiger partial charge in [0, 0.05) is 27.2 Å². The van der Waals surface area contributed by atoms with E-state index in [2.05, 4.69) is 0 Å². The number of nitrogens with zero attached hydrogens (tertiary/aromatic N) is 2. The fraction of sp³-hybridized carbons (Fsp3) is 0.316. The second kappa shape index (κ2) is 8.89. The summed E-state index contributed by atoms with van der Waals surface area (Å²) in [4.78, 5) is 14.4. The molecular weight excluding hydrogens is 407 g/mol. The van der Waals surface area contributed by atoms with Crippen molar-refractivity contribution in [3.05, 3.63) is 58.4 Å². The molecule has 0 radical (unpaired) electrons. The van der Waals surface area contributed by atoms with Crippen molar-refractivity contribution < 1.29 is 22.3 Å². The summed E-state index contributed by atoms with van der Waals surface area (Å²) in [6, 6.07) is 8.43. The molecule has 0 unspecified atom stereocenters. The molecule has 0 heterocycles. The summed E-state index contributed by atoms with van der Waals surface area (Å²) >= 11 is 6.16. The SMILES string of the molecule is CCN(Cc1ccc(OC)c(F)c1)C(=O)c1cc(S(=O)(=O)N(C)C)ccc1Cl. The molecule has 2 aromatic rings. The van der Waals surface area contributed by atoms with Crippen molar-refractivity contribution in [3.8, 4) is 5.75 Å². The lowest BCUT2D eigenvalue weighted by molar-refractivity contribution is 0.0752. The molecule has 2 aromatic carbocycles. The van der Waals surface area contributed by atoms with Crippen molar-refractivity contribution in [3.63, 3.8) is 0 Å². The van der Waals surface area contributed by atoms with Crippen LogP contribution in [-0.4, -0.2) is 51.3 Å². The van der Waals surface area contributed by atoms with Crippen molar-refractivity contribution >= 4 is 27.5 Å². The van der Waals surface area contributed by atoms with E-state index in [0.29, 0.717) is 12.1 Å². The van der Waals surface area contributed by atoms with Gasteiger partial charge >= 0.3 is 0 Å². The Bertz CT molecular complexity index is 980. The number of carbonyl (C=O) groups excluding carboxylic acids is 1. The second-order valence-electron chi connectivity index (χ2n) is 6.22. The maximum atomic E-state index is 13.9. The first-order valence-corrected chi connectivity index (χ1v) is 10.3. The molecule has 0 bridgehead atoms. The van der Waals surface area contributed by atoms with E-state index in [9.17, 15) is 17.6 Å². The quantitative estimate of drug-likeness (QED) is 0.677. The van der Waals surface area contributed by atoms with Crippen LogP contribution in [0.15, 0.2) is 41.3 Å². The maximum Gasteiger partial charge on any atom is 0.255 e. The second-order valence-corrected chi connectivity index (χ2v) is 8.78. The highest BCUT2D eigenvalue weighted by molar-refractivity contribution is 7.89. The third kappa shape index (κ3) is 4.63. The van der Waals surface area contributed by atoms with Gasteiger partial charge in [-0.1, -0.05) is 17.7 Å². The smallest absolute Gasteiger partial charge is 0.255 e. The fourth-order valence-corrected chi connectivity index (χ4v) is 3.69. The predicted molar refractivity (Wildman–Crippen MR) is 106 cm³/mol. The first kappa shape index (κ1) is 22.1. The molecule has 0 atom stereocenters. The topological polar surface area (TPSA) is 66.9 Å². The Kier molecular flexibility index (Phi) is 7.03. The van der Waals surface area contributed by atoms with E-state index >= 15 is 0 Å². The number of hydrogen-bond donors (Lipinski definition) is 0. The molecule has 2 rings (SSSR count). The number of methoxy groups -OCH3 is 1. The predicted octanol–water partition coefficient (Wildman–Crippen LogP) is 3.40. The standard InChI is InChI=1S/C19H22ClFN2O4S/c1-5-23(12-13-6-9-18(27-4)17(21)10-13)19(24)15-11-14(7-8-16(15)20)28(25,26)22(2)3/h6-11H,5,12H2,1-4H3. The van der Waals surface area contributed by atoms with Gasteiger partial charge in [-0.15, -0.1) is 0 Å². The van der Waals surface area contributed by atoms with E-state index in [1.54, 1.807) is 13.0 Å². The molecule has 0 saturated carbocycles. The van der Waals surface area contributed by atoms with E-state index in [-0.39, 0.29) is 27.8 Å². The lowest BCUT2D eigenvalue weighted by atomic mass is 10.1. The summed E-state index contributed by atoms with van der Waals surface area (Å²) in [5, 5.41) is 0.141. The Morgan fingerprint density at radius 3 is 2.39 bits per heavy atom. The van der Waals surface area contributed by atoms with Gasteiger partial charge in [-0.25, -0.2) is 17.1 Å². The lowest BCUT2D eigenvalue weighted by Gasteiger charge is -2.22. The summed E-state index contributed by atoms with van der Waals surface area (Å²) in [5.41, 5.74) is 0.641. The van der Waals surface area contributed by atoms with E-state index < -0.39 is 21.7 Å². The third-order valence-corrected chi connectivity index (χ3v) is 6.35. The van der Waals surface area contributed by atoms with Gasteiger partial charge in [-0.2, -0.15) is 0 Å². The van der Waals surface area contributed by atoms with Crippen LogP contribution in [0.5, 0.6) is 5.75 Å². The van der Waals surface area contributed by atoms with Crippen molar-refractivity contribution in [1.29, 1.82) is 0 Å². The average Bonchev–Trinajstić information content (AvgIpc) is 2.65. The van der Waals surface area contributed by atoms with Crippen LogP contribution >= 0.6 is 11.6 Å². The number of halogens is 2. The van der Waals surface area contributed by atoms with Crippen LogP contribution in [0.4, 0.5) is 4.39 Å². The van der Waals surface area contributed by atoms with Gasteiger partial charge in [-0.3, -0.25) is 4.79 Å². The summed E-state index contributed by atoms with van der Waals surface area (Å²) < 4.78 is 44.6. The molecule has 28 heavy (non-hydrogen) atoms. The number of amides is 1. The summed E-state index contributed by atoms with van der Waals surface area (Å²) in [5.74, 6) is -0.858. The Balaban J connectivity index is 2.36. The molecule has 152 valence electrons. The summed E-state index contributed by atoms with van der Waals surface area (Å²) in [6.07, 6.45) is 0. The van der Waals surface area contributed by atoms with Gasteiger partial charge in [0.25, 0.3) is 5.91 Å². The molecule has 0 spiro atoms. The first-order chi connectivity index (χ1) is 13.1. The van der Waals surface area contributed by atoms with Gasteiger partial charge in [0.15, 0.2) is 11.6 Å². The van der Waals surface area contributed by atoms with Crippen LogP contribution in [0.3, 0.4) is 0 Å². The molecule has 0 fully saturated rings. The van der Waals surface area contributed by atoms with Crippen LogP contribution in [-0.2, 0) is 16.6 Å². The van der Waals surface area contributed by atoms with Gasteiger partial charge in [0.2, 0.25) is 10.0 Å². The zero-order chi connectivity index (χ0) is 21.1. The molecule has 0 aliphatic heterocycles. The highest BCUT2D eigenvalue weighted by Gasteiger charge is 2.23. The monoisotopic (exact) mass is 428 g/mol. The minimum atomic E-state index is -3.71. The van der Waals surface area contributed by atoms with Crippen molar-refractivity contribution in [2.75, 3.05) is 27.7 Å². The minimum absolute atomic E-state index is 0.0307. The van der Waals surface area contributed by atoms with Crippen LogP contribution in [0.25, 0.3) is 0 Å². The summed E-state index contributed by atoms with van der Waals surface area (Å²) in [7, 11) is 0.467. The Morgan fingerprint density at radius 1 is 1.18 bits per heavy atom. The van der Waals surface area contributed by atoms with Crippen LogP contribution < -0.4 is 4.74 Å². The van der Waals surface area contributed by atoms with Crippen LogP contribution in [0.2, 0.25) is 5.02 Å². The Hall–Kier alpha value is -2.16. The molecule has 0 aliphatic carbocycles. The number of hydrogen-bond acceptors (Lipinski definition) is 4. The zero-order valence-electron chi connectivity index (χ0n) is 16.1. The number of sulfonamides is 1. The number of rotatable bonds is 7. The Morgan fingerprint density at radius 2 is 1.86 bits per heavy atom. The van der Waals surface area contributed by atoms with E-state index in [0.717, 1.165) is 4.31 Å². The molecule has 0 aromatic heterocycles. The zero-order valence-corrected chi connectivity index (χ0v) is 17.6. The van der Waals surface area contributed by atoms with Crippen LogP contribution in [0, 0.1) is 5.82 Å². The Labute approximate surface area is 169 Å². The van der Waals surface area contributed by atoms with Crippen molar-refractivity contribution in [1.82, 2.24) is 9.21 Å². The van der Waals surface area contributed by atoms with Gasteiger partial charge in [0.1, 0.15) is 0 Å². The molecular formula is C19H22ClFN2O4S. The van der Waals surface area contributed by atoms with E-state index in [4.69, 9.17) is 16.3 Å². The first-order valence-electron chi connectivity index (χ1n) is 8.45. The van der Waals surface area contributed by atoms with Gasteiger partial charge in [0.05, 0.1) is 22.6 Å². The molecule has 1 amide bonds. The van der Waals surface area contributed by atoms with Crippen LogP contribution in [0.1, 0.15) is 22.8 Å². The minimum Gasteiger partial charge on any atom is -0.494 e. The highest BCUT2D eigenvalue weighted by Crippen LogP contribution is 2.25. The molecule has 9 heteroatoms. The molecule has 0 saturated heterocycles. The number of benzene rings is 2.